The van der Waals surface area contributed by atoms with E-state index in [-0.39, 0.29) is 12.5 Å². The van der Waals surface area contributed by atoms with E-state index in [4.69, 9.17) is 5.11 Å². The van der Waals surface area contributed by atoms with Crippen LogP contribution in [0.5, 0.6) is 0 Å². The Bertz CT molecular complexity index is 557. The van der Waals surface area contributed by atoms with Crippen LogP contribution in [-0.4, -0.2) is 33.3 Å². The van der Waals surface area contributed by atoms with Gasteiger partial charge in [-0.2, -0.15) is 5.10 Å². The number of carbonyl (C=O) groups is 2. The molecule has 0 aromatic carbocycles. The standard InChI is InChI=1S/C16H25N3O3/c1-16(2,15(21)22)10-17-14(20)12-9-19(3)18-13(12)11-7-5-4-6-8-11/h9,11H,4-8,10H2,1-3H3,(H,17,20)(H,21,22). The van der Waals surface area contributed by atoms with Crippen molar-refractivity contribution in [3.8, 4) is 0 Å². The summed E-state index contributed by atoms with van der Waals surface area (Å²) in [6.45, 7) is 3.29. The van der Waals surface area contributed by atoms with Crippen LogP contribution in [0.25, 0.3) is 0 Å². The van der Waals surface area contributed by atoms with Crippen molar-refractivity contribution in [1.82, 2.24) is 15.1 Å². The van der Waals surface area contributed by atoms with Gasteiger partial charge < -0.3 is 10.4 Å². The van der Waals surface area contributed by atoms with Crippen LogP contribution in [0.3, 0.4) is 0 Å². The van der Waals surface area contributed by atoms with E-state index in [2.05, 4.69) is 10.4 Å². The molecule has 2 N–H and O–H groups in total. The summed E-state index contributed by atoms with van der Waals surface area (Å²) in [4.78, 5) is 23.6. The minimum absolute atomic E-state index is 0.0974. The van der Waals surface area contributed by atoms with Gasteiger partial charge >= 0.3 is 5.97 Å². The van der Waals surface area contributed by atoms with E-state index >= 15 is 0 Å². The van der Waals surface area contributed by atoms with Gasteiger partial charge in [-0.15, -0.1) is 0 Å². The number of carbonyl (C=O) groups excluding carboxylic acids is 1. The maximum absolute atomic E-state index is 12.4. The molecule has 1 amide bonds. The maximum atomic E-state index is 12.4. The third-order valence-corrected chi connectivity index (χ3v) is 4.36. The number of aromatic nitrogens is 2. The van der Waals surface area contributed by atoms with E-state index in [1.165, 1.54) is 19.3 Å². The number of amides is 1. The number of aryl methyl sites for hydroxylation is 1. The lowest BCUT2D eigenvalue weighted by atomic mass is 9.85. The van der Waals surface area contributed by atoms with Gasteiger partial charge in [-0.05, 0) is 26.7 Å². The summed E-state index contributed by atoms with van der Waals surface area (Å²) in [6.07, 6.45) is 7.46. The highest BCUT2D eigenvalue weighted by atomic mass is 16.4. The fourth-order valence-electron chi connectivity index (χ4n) is 2.83. The molecule has 1 aromatic heterocycles. The first-order chi connectivity index (χ1) is 10.3. The molecular weight excluding hydrogens is 282 g/mol. The average Bonchev–Trinajstić information content (AvgIpc) is 2.87. The monoisotopic (exact) mass is 307 g/mol. The quantitative estimate of drug-likeness (QED) is 0.874. The van der Waals surface area contributed by atoms with E-state index in [0.717, 1.165) is 18.5 Å². The van der Waals surface area contributed by atoms with Crippen LogP contribution in [-0.2, 0) is 11.8 Å². The molecule has 0 aliphatic heterocycles. The molecule has 0 spiro atoms. The second-order valence-corrected chi connectivity index (χ2v) is 6.81. The minimum atomic E-state index is -0.983. The van der Waals surface area contributed by atoms with Gasteiger partial charge in [-0.1, -0.05) is 19.3 Å². The van der Waals surface area contributed by atoms with Crippen molar-refractivity contribution in [2.24, 2.45) is 12.5 Å². The van der Waals surface area contributed by atoms with Crippen LogP contribution >= 0.6 is 0 Å². The third kappa shape index (κ3) is 3.67. The van der Waals surface area contributed by atoms with Crippen molar-refractivity contribution < 1.29 is 14.7 Å². The number of nitrogens with one attached hydrogen (secondary N) is 1. The van der Waals surface area contributed by atoms with Crippen LogP contribution in [0.4, 0.5) is 0 Å². The molecule has 6 nitrogen and oxygen atoms in total. The summed E-state index contributed by atoms with van der Waals surface area (Å²) >= 11 is 0. The largest absolute Gasteiger partial charge is 0.481 e. The predicted octanol–water partition coefficient (Wildman–Crippen LogP) is 2.31. The van der Waals surface area contributed by atoms with Crippen molar-refractivity contribution in [3.05, 3.63) is 17.5 Å². The van der Waals surface area contributed by atoms with Crippen molar-refractivity contribution >= 4 is 11.9 Å². The molecule has 122 valence electrons. The Balaban J connectivity index is 2.11. The minimum Gasteiger partial charge on any atom is -0.481 e. The molecule has 1 aliphatic rings. The van der Waals surface area contributed by atoms with Crippen molar-refractivity contribution in [2.75, 3.05) is 6.54 Å². The van der Waals surface area contributed by atoms with Gasteiger partial charge in [0.15, 0.2) is 0 Å². The first kappa shape index (κ1) is 16.5. The number of hydrogen-bond donors (Lipinski definition) is 2. The fraction of sp³-hybridized carbons (Fsp3) is 0.688. The number of nitrogens with zero attached hydrogens (tertiary/aromatic N) is 2. The van der Waals surface area contributed by atoms with Crippen molar-refractivity contribution in [2.45, 2.75) is 51.9 Å². The van der Waals surface area contributed by atoms with E-state index in [9.17, 15) is 9.59 Å². The zero-order chi connectivity index (χ0) is 16.3. The molecule has 1 saturated carbocycles. The molecule has 22 heavy (non-hydrogen) atoms. The molecule has 0 radical (unpaired) electrons. The Kier molecular flexibility index (Phi) is 4.88. The molecule has 6 heteroatoms. The molecule has 0 unspecified atom stereocenters. The van der Waals surface area contributed by atoms with Gasteiger partial charge in [0.25, 0.3) is 5.91 Å². The molecule has 1 aliphatic carbocycles. The summed E-state index contributed by atoms with van der Waals surface area (Å²) in [6, 6.07) is 0. The third-order valence-electron chi connectivity index (χ3n) is 4.36. The van der Waals surface area contributed by atoms with Crippen LogP contribution in [0.2, 0.25) is 0 Å². The normalized spacial score (nSPS) is 16.5. The smallest absolute Gasteiger partial charge is 0.310 e. The molecule has 0 atom stereocenters. The lowest BCUT2D eigenvalue weighted by Gasteiger charge is -2.22. The van der Waals surface area contributed by atoms with Gasteiger partial charge in [0.05, 0.1) is 16.7 Å². The maximum Gasteiger partial charge on any atom is 0.310 e. The number of carboxylic acid groups (broad SMARTS) is 1. The Labute approximate surface area is 130 Å². The Morgan fingerprint density at radius 2 is 2.00 bits per heavy atom. The first-order valence-corrected chi connectivity index (χ1v) is 7.86. The van der Waals surface area contributed by atoms with Gasteiger partial charge in [0.1, 0.15) is 0 Å². The van der Waals surface area contributed by atoms with Crippen LogP contribution in [0, 0.1) is 5.41 Å². The van der Waals surface area contributed by atoms with E-state index in [1.54, 1.807) is 24.7 Å². The number of aliphatic carboxylic acids is 1. The number of hydrogen-bond acceptors (Lipinski definition) is 3. The zero-order valence-electron chi connectivity index (χ0n) is 13.6. The second-order valence-electron chi connectivity index (χ2n) is 6.81. The van der Waals surface area contributed by atoms with Crippen molar-refractivity contribution in [3.63, 3.8) is 0 Å². The first-order valence-electron chi connectivity index (χ1n) is 7.86. The van der Waals surface area contributed by atoms with Gasteiger partial charge in [0, 0.05) is 25.7 Å². The molecular formula is C16H25N3O3. The topological polar surface area (TPSA) is 84.2 Å². The molecule has 0 saturated heterocycles. The Morgan fingerprint density at radius 3 is 2.59 bits per heavy atom. The molecule has 1 heterocycles. The summed E-state index contributed by atoms with van der Waals surface area (Å²) in [5.74, 6) is -0.822. The lowest BCUT2D eigenvalue weighted by molar-refractivity contribution is -0.146. The molecule has 0 bridgehead atoms. The summed E-state index contributed by atoms with van der Waals surface area (Å²) in [5.41, 5.74) is 0.450. The number of carboxylic acids is 1. The van der Waals surface area contributed by atoms with Gasteiger partial charge in [-0.25, -0.2) is 0 Å². The summed E-state index contributed by atoms with van der Waals surface area (Å²) < 4.78 is 1.67. The summed E-state index contributed by atoms with van der Waals surface area (Å²) in [7, 11) is 1.81. The SMILES string of the molecule is Cn1cc(C(=O)NCC(C)(C)C(=O)O)c(C2CCCCC2)n1. The molecule has 1 aromatic rings. The summed E-state index contributed by atoms with van der Waals surface area (Å²) in [5, 5.41) is 16.3. The predicted molar refractivity (Wildman–Crippen MR) is 82.8 cm³/mol. The Hall–Kier alpha value is -1.85. The highest BCUT2D eigenvalue weighted by Gasteiger charge is 2.29. The van der Waals surface area contributed by atoms with Crippen molar-refractivity contribution in [1.29, 1.82) is 0 Å². The number of rotatable bonds is 5. The zero-order valence-corrected chi connectivity index (χ0v) is 13.6. The van der Waals surface area contributed by atoms with Gasteiger partial charge in [-0.3, -0.25) is 14.3 Å². The van der Waals surface area contributed by atoms with E-state index < -0.39 is 11.4 Å². The fourth-order valence-corrected chi connectivity index (χ4v) is 2.83. The van der Waals surface area contributed by atoms with Gasteiger partial charge in [0.2, 0.25) is 0 Å². The second kappa shape index (κ2) is 6.50. The highest BCUT2D eigenvalue weighted by Crippen LogP contribution is 2.33. The van der Waals surface area contributed by atoms with Crippen LogP contribution in [0.15, 0.2) is 6.20 Å². The van der Waals surface area contributed by atoms with Crippen LogP contribution < -0.4 is 5.32 Å². The molecule has 2 rings (SSSR count). The lowest BCUT2D eigenvalue weighted by Crippen LogP contribution is -2.39. The Morgan fingerprint density at radius 1 is 1.36 bits per heavy atom. The van der Waals surface area contributed by atoms with E-state index in [0.29, 0.717) is 11.5 Å². The van der Waals surface area contributed by atoms with Crippen LogP contribution in [0.1, 0.15) is 67.9 Å². The van der Waals surface area contributed by atoms with E-state index in [1.807, 2.05) is 7.05 Å². The average molecular weight is 307 g/mol. The highest BCUT2D eigenvalue weighted by molar-refractivity contribution is 5.95. The molecule has 1 fully saturated rings.